The van der Waals surface area contributed by atoms with Crippen LogP contribution in [0.3, 0.4) is 0 Å². The van der Waals surface area contributed by atoms with Gasteiger partial charge in [0.1, 0.15) is 5.75 Å². The van der Waals surface area contributed by atoms with E-state index in [9.17, 15) is 4.79 Å². The fourth-order valence-electron chi connectivity index (χ4n) is 4.20. The molecule has 33 heavy (non-hydrogen) atoms. The fraction of sp³-hybridized carbons (Fsp3) is 0.267. The highest BCUT2D eigenvalue weighted by Gasteiger charge is 2.21. The zero-order valence-corrected chi connectivity index (χ0v) is 19.7. The van der Waals surface area contributed by atoms with Gasteiger partial charge in [-0.05, 0) is 41.7 Å². The van der Waals surface area contributed by atoms with Crippen molar-refractivity contribution in [2.75, 3.05) is 0 Å². The molecule has 0 fully saturated rings. The van der Waals surface area contributed by atoms with Crippen LogP contribution in [0.2, 0.25) is 0 Å². The number of unbranched alkanes of at least 4 members (excludes halogenated alkanes) is 2. The summed E-state index contributed by atoms with van der Waals surface area (Å²) in [5.41, 5.74) is 4.37. The Kier molecular flexibility index (Phi) is 6.88. The maximum Gasteiger partial charge on any atom is 0.344 e. The Balaban J connectivity index is 1.59. The lowest BCUT2D eigenvalue weighted by atomic mass is 9.80. The van der Waals surface area contributed by atoms with Crippen molar-refractivity contribution < 1.29 is 9.53 Å². The van der Waals surface area contributed by atoms with E-state index in [1.165, 1.54) is 24.8 Å². The summed E-state index contributed by atoms with van der Waals surface area (Å²) in [5.74, 6) is 0.177. The number of carbonyl (C=O) groups is 1. The molecule has 1 heterocycles. The van der Waals surface area contributed by atoms with Crippen LogP contribution in [0, 0.1) is 0 Å². The number of ether oxygens (including phenoxy) is 1. The Labute approximate surface area is 196 Å². The second-order valence-electron chi connectivity index (χ2n) is 9.19. The second-order valence-corrected chi connectivity index (χ2v) is 9.19. The summed E-state index contributed by atoms with van der Waals surface area (Å²) in [7, 11) is 0. The summed E-state index contributed by atoms with van der Waals surface area (Å²) in [6.07, 6.45) is 4.84. The predicted molar refractivity (Wildman–Crippen MR) is 136 cm³/mol. The molecular weight excluding hydrogens is 406 g/mol. The van der Waals surface area contributed by atoms with E-state index in [4.69, 9.17) is 9.72 Å². The summed E-state index contributed by atoms with van der Waals surface area (Å²) < 4.78 is 5.80. The third kappa shape index (κ3) is 5.31. The molecule has 1 aromatic heterocycles. The number of hydrogen-bond acceptors (Lipinski definition) is 3. The third-order valence-corrected chi connectivity index (χ3v) is 6.26. The van der Waals surface area contributed by atoms with Gasteiger partial charge >= 0.3 is 5.97 Å². The van der Waals surface area contributed by atoms with Crippen LogP contribution in [0.25, 0.3) is 22.2 Å². The molecule has 3 nitrogen and oxygen atoms in total. The van der Waals surface area contributed by atoms with E-state index in [0.29, 0.717) is 11.3 Å². The average Bonchev–Trinajstić information content (AvgIpc) is 2.84. The molecule has 0 amide bonds. The van der Waals surface area contributed by atoms with Crippen LogP contribution in [0.5, 0.6) is 5.75 Å². The lowest BCUT2D eigenvalue weighted by Crippen LogP contribution is -2.17. The van der Waals surface area contributed by atoms with Crippen molar-refractivity contribution in [1.29, 1.82) is 0 Å². The molecule has 0 aliphatic carbocycles. The van der Waals surface area contributed by atoms with Crippen molar-refractivity contribution in [2.24, 2.45) is 0 Å². The van der Waals surface area contributed by atoms with Crippen LogP contribution >= 0.6 is 0 Å². The number of nitrogens with zero attached hydrogens (tertiary/aromatic N) is 1. The van der Waals surface area contributed by atoms with Gasteiger partial charge in [-0.15, -0.1) is 0 Å². The highest BCUT2D eigenvalue weighted by Crippen LogP contribution is 2.31. The van der Waals surface area contributed by atoms with E-state index in [1.54, 1.807) is 0 Å². The minimum Gasteiger partial charge on any atom is -0.423 e. The second kappa shape index (κ2) is 9.99. The van der Waals surface area contributed by atoms with E-state index >= 15 is 0 Å². The normalized spacial score (nSPS) is 11.5. The van der Waals surface area contributed by atoms with Crippen molar-refractivity contribution in [3.05, 3.63) is 96.1 Å². The SMILES string of the molecule is CCCCCC(C)(C)c1ccc(OC(=O)c2cc(-c3ccccc3)nc3ccccc23)cc1. The van der Waals surface area contributed by atoms with Gasteiger partial charge in [-0.3, -0.25) is 0 Å². The van der Waals surface area contributed by atoms with Crippen LogP contribution in [-0.4, -0.2) is 11.0 Å². The number of rotatable bonds is 8. The van der Waals surface area contributed by atoms with Crippen LogP contribution in [0.4, 0.5) is 0 Å². The van der Waals surface area contributed by atoms with E-state index in [2.05, 4.69) is 32.9 Å². The number of para-hydroxylation sites is 1. The largest absolute Gasteiger partial charge is 0.423 e. The molecule has 0 N–H and O–H groups in total. The monoisotopic (exact) mass is 437 g/mol. The van der Waals surface area contributed by atoms with Gasteiger partial charge in [0, 0.05) is 10.9 Å². The van der Waals surface area contributed by atoms with Gasteiger partial charge in [0.05, 0.1) is 16.8 Å². The molecule has 3 heteroatoms. The number of carbonyl (C=O) groups excluding carboxylic acids is 1. The molecule has 0 saturated carbocycles. The number of aromatic nitrogens is 1. The van der Waals surface area contributed by atoms with Gasteiger partial charge in [-0.1, -0.05) is 101 Å². The molecule has 0 aliphatic heterocycles. The molecule has 0 spiro atoms. The van der Waals surface area contributed by atoms with Crippen molar-refractivity contribution in [3.8, 4) is 17.0 Å². The molecule has 0 radical (unpaired) electrons. The molecular formula is C30H31NO2. The highest BCUT2D eigenvalue weighted by molar-refractivity contribution is 6.05. The minimum absolute atomic E-state index is 0.101. The molecule has 0 atom stereocenters. The predicted octanol–water partition coefficient (Wildman–Crippen LogP) is 7.98. The maximum atomic E-state index is 13.2. The Bertz CT molecular complexity index is 1230. The summed E-state index contributed by atoms with van der Waals surface area (Å²) in [5, 5.41) is 0.788. The van der Waals surface area contributed by atoms with Gasteiger partial charge in [0.2, 0.25) is 0 Å². The summed E-state index contributed by atoms with van der Waals surface area (Å²) >= 11 is 0. The lowest BCUT2D eigenvalue weighted by Gasteiger charge is -2.25. The number of hydrogen-bond donors (Lipinski definition) is 0. The van der Waals surface area contributed by atoms with Crippen LogP contribution < -0.4 is 4.74 Å². The Hall–Kier alpha value is -3.46. The van der Waals surface area contributed by atoms with Crippen LogP contribution in [0.1, 0.15) is 62.4 Å². The lowest BCUT2D eigenvalue weighted by molar-refractivity contribution is 0.0736. The number of esters is 1. The molecule has 0 bridgehead atoms. The van der Waals surface area contributed by atoms with Crippen molar-refractivity contribution in [3.63, 3.8) is 0 Å². The first-order chi connectivity index (χ1) is 16.0. The van der Waals surface area contributed by atoms with Gasteiger partial charge < -0.3 is 4.74 Å². The molecule has 3 aromatic carbocycles. The number of pyridine rings is 1. The van der Waals surface area contributed by atoms with Crippen molar-refractivity contribution >= 4 is 16.9 Å². The zero-order valence-electron chi connectivity index (χ0n) is 19.7. The molecule has 4 rings (SSSR count). The van der Waals surface area contributed by atoms with E-state index < -0.39 is 0 Å². The topological polar surface area (TPSA) is 39.2 Å². The molecule has 0 saturated heterocycles. The van der Waals surface area contributed by atoms with E-state index in [-0.39, 0.29) is 11.4 Å². The first kappa shape index (κ1) is 22.7. The minimum atomic E-state index is -0.374. The smallest absolute Gasteiger partial charge is 0.344 e. The van der Waals surface area contributed by atoms with Gasteiger partial charge in [0.25, 0.3) is 0 Å². The van der Waals surface area contributed by atoms with Crippen LogP contribution in [-0.2, 0) is 5.41 Å². The average molecular weight is 438 g/mol. The first-order valence-corrected chi connectivity index (χ1v) is 11.8. The Morgan fingerprint density at radius 3 is 2.30 bits per heavy atom. The zero-order chi connectivity index (χ0) is 23.3. The first-order valence-electron chi connectivity index (χ1n) is 11.8. The van der Waals surface area contributed by atoms with Gasteiger partial charge in [-0.25, -0.2) is 9.78 Å². The maximum absolute atomic E-state index is 13.2. The fourth-order valence-corrected chi connectivity index (χ4v) is 4.20. The Morgan fingerprint density at radius 1 is 0.879 bits per heavy atom. The van der Waals surface area contributed by atoms with Crippen molar-refractivity contribution in [2.45, 2.75) is 51.9 Å². The van der Waals surface area contributed by atoms with E-state index in [0.717, 1.165) is 28.6 Å². The number of benzene rings is 3. The summed E-state index contributed by atoms with van der Waals surface area (Å²) in [4.78, 5) is 18.0. The van der Waals surface area contributed by atoms with Gasteiger partial charge in [0.15, 0.2) is 0 Å². The third-order valence-electron chi connectivity index (χ3n) is 6.26. The van der Waals surface area contributed by atoms with Crippen LogP contribution in [0.15, 0.2) is 84.9 Å². The molecule has 168 valence electrons. The Morgan fingerprint density at radius 2 is 1.58 bits per heavy atom. The quantitative estimate of drug-likeness (QED) is 0.159. The molecule has 4 aromatic rings. The standard InChI is InChI=1S/C30H31NO2/c1-4-5-11-20-30(2,3)23-16-18-24(19-17-23)33-29(32)26-21-28(22-12-7-6-8-13-22)31-27-15-10-9-14-25(26)27/h6-10,12-19,21H,4-5,11,20H2,1-3H3. The van der Waals surface area contributed by atoms with Crippen molar-refractivity contribution in [1.82, 2.24) is 4.98 Å². The van der Waals surface area contributed by atoms with Gasteiger partial charge in [-0.2, -0.15) is 0 Å². The summed E-state index contributed by atoms with van der Waals surface area (Å²) in [6, 6.07) is 27.4. The summed E-state index contributed by atoms with van der Waals surface area (Å²) in [6.45, 7) is 6.78. The highest BCUT2D eigenvalue weighted by atomic mass is 16.5. The van der Waals surface area contributed by atoms with E-state index in [1.807, 2.05) is 72.8 Å². The molecule has 0 unspecified atom stereocenters. The molecule has 0 aliphatic rings. The number of fused-ring (bicyclic) bond motifs is 1.